The van der Waals surface area contributed by atoms with Gasteiger partial charge in [0.15, 0.2) is 0 Å². The maximum atomic E-state index is 11.9. The van der Waals surface area contributed by atoms with E-state index in [2.05, 4.69) is 4.99 Å². The molecule has 0 spiro atoms. The summed E-state index contributed by atoms with van der Waals surface area (Å²) in [5.41, 5.74) is 5.21. The van der Waals surface area contributed by atoms with Gasteiger partial charge in [0.2, 0.25) is 0 Å². The highest BCUT2D eigenvalue weighted by molar-refractivity contribution is 5.73. The summed E-state index contributed by atoms with van der Waals surface area (Å²) < 4.78 is 16.6. The van der Waals surface area contributed by atoms with Crippen LogP contribution in [0.1, 0.15) is 6.92 Å². The molecule has 0 aromatic heterocycles. The lowest BCUT2D eigenvalue weighted by Crippen LogP contribution is -2.23. The molecule has 0 fully saturated rings. The van der Waals surface area contributed by atoms with Crippen LogP contribution in [-0.2, 0) is 4.74 Å². The topological polar surface area (TPSA) is 47.6 Å². The molecular weight excluding hydrogens is 135 g/mol. The molecule has 0 amide bonds. The van der Waals surface area contributed by atoms with Gasteiger partial charge in [-0.25, -0.2) is 9.38 Å². The van der Waals surface area contributed by atoms with Gasteiger partial charge < -0.3 is 10.5 Å². The number of ether oxygens (including phenoxy) is 1. The van der Waals surface area contributed by atoms with Gasteiger partial charge in [0.05, 0.1) is 6.04 Å². The second-order valence-electron chi connectivity index (χ2n) is 2.08. The van der Waals surface area contributed by atoms with Gasteiger partial charge in [-0.2, -0.15) is 0 Å². The van der Waals surface area contributed by atoms with Crippen molar-refractivity contribution < 1.29 is 9.13 Å². The number of aliphatic imine (C=N–C) groups is 1. The molecule has 1 heterocycles. The molecule has 0 unspecified atom stereocenters. The lowest BCUT2D eigenvalue weighted by Gasteiger charge is -2.13. The van der Waals surface area contributed by atoms with Crippen LogP contribution >= 0.6 is 0 Å². The second-order valence-corrected chi connectivity index (χ2v) is 2.08. The van der Waals surface area contributed by atoms with E-state index < -0.39 is 6.67 Å². The summed E-state index contributed by atoms with van der Waals surface area (Å²) in [6, 6.07) is -0.0258. The Kier molecular flexibility index (Phi) is 1.89. The third-order valence-electron chi connectivity index (χ3n) is 1.13. The van der Waals surface area contributed by atoms with E-state index in [4.69, 9.17) is 10.5 Å². The highest BCUT2D eigenvalue weighted by Gasteiger charge is 2.10. The van der Waals surface area contributed by atoms with E-state index in [1.165, 1.54) is 0 Å². The van der Waals surface area contributed by atoms with E-state index in [0.717, 1.165) is 0 Å². The summed E-state index contributed by atoms with van der Waals surface area (Å²) in [5.74, 6) is 0.250. The molecule has 0 saturated heterocycles. The lowest BCUT2D eigenvalue weighted by molar-refractivity contribution is 0.331. The van der Waals surface area contributed by atoms with Gasteiger partial charge in [0.1, 0.15) is 12.4 Å². The van der Waals surface area contributed by atoms with Crippen molar-refractivity contribution in [1.82, 2.24) is 0 Å². The fourth-order valence-electron chi connectivity index (χ4n) is 0.774. The van der Waals surface area contributed by atoms with Crippen LogP contribution in [0.4, 0.5) is 4.39 Å². The Hall–Kier alpha value is -1.06. The quantitative estimate of drug-likeness (QED) is 0.585. The minimum atomic E-state index is -0.624. The summed E-state index contributed by atoms with van der Waals surface area (Å²) in [6.45, 7) is 1.19. The van der Waals surface area contributed by atoms with Crippen LogP contribution in [0.15, 0.2) is 16.8 Å². The van der Waals surface area contributed by atoms with E-state index in [9.17, 15) is 4.39 Å². The molecule has 0 aromatic rings. The fraction of sp³-hybridized carbons (Fsp3) is 0.500. The van der Waals surface area contributed by atoms with Crippen molar-refractivity contribution in [3.05, 3.63) is 11.8 Å². The summed E-state index contributed by atoms with van der Waals surface area (Å²) in [6.07, 6.45) is 1.59. The molecule has 2 N–H and O–H groups in total. The zero-order chi connectivity index (χ0) is 7.56. The Labute approximate surface area is 58.4 Å². The van der Waals surface area contributed by atoms with Crippen molar-refractivity contribution in [2.75, 3.05) is 6.67 Å². The molecule has 0 saturated carbocycles. The Balaban J connectivity index is 2.65. The average molecular weight is 144 g/mol. The Morgan fingerprint density at radius 2 is 2.60 bits per heavy atom. The third kappa shape index (κ3) is 1.46. The van der Waals surface area contributed by atoms with E-state index >= 15 is 0 Å². The SMILES string of the molecule is C[C@H]1C=C(CF)OC(N)=N1. The van der Waals surface area contributed by atoms with E-state index in [0.29, 0.717) is 0 Å². The summed E-state index contributed by atoms with van der Waals surface area (Å²) >= 11 is 0. The van der Waals surface area contributed by atoms with Gasteiger partial charge in [0.25, 0.3) is 6.02 Å². The Morgan fingerprint density at radius 1 is 1.90 bits per heavy atom. The van der Waals surface area contributed by atoms with Gasteiger partial charge in [-0.1, -0.05) is 0 Å². The normalized spacial score (nSPS) is 24.8. The largest absolute Gasteiger partial charge is 0.428 e. The van der Waals surface area contributed by atoms with Crippen LogP contribution in [0.2, 0.25) is 0 Å². The van der Waals surface area contributed by atoms with Crippen LogP contribution < -0.4 is 5.73 Å². The molecular formula is C6H9FN2O. The number of hydrogen-bond donors (Lipinski definition) is 1. The van der Waals surface area contributed by atoms with Gasteiger partial charge in [-0.05, 0) is 13.0 Å². The smallest absolute Gasteiger partial charge is 0.287 e. The molecule has 0 radical (unpaired) electrons. The summed E-state index contributed by atoms with van der Waals surface area (Å²) in [5, 5.41) is 0. The molecule has 0 aromatic carbocycles. The number of alkyl halides is 1. The number of nitrogens with two attached hydrogens (primary N) is 1. The Bertz CT molecular complexity index is 188. The second kappa shape index (κ2) is 2.68. The highest BCUT2D eigenvalue weighted by Crippen LogP contribution is 2.08. The highest BCUT2D eigenvalue weighted by atomic mass is 19.1. The molecule has 3 nitrogen and oxygen atoms in total. The van der Waals surface area contributed by atoms with Gasteiger partial charge >= 0.3 is 0 Å². The first-order valence-corrected chi connectivity index (χ1v) is 3.00. The number of rotatable bonds is 1. The number of hydrogen-bond acceptors (Lipinski definition) is 3. The van der Waals surface area contributed by atoms with Crippen molar-refractivity contribution in [3.63, 3.8) is 0 Å². The maximum absolute atomic E-state index is 11.9. The van der Waals surface area contributed by atoms with E-state index in [-0.39, 0.29) is 17.8 Å². The minimum Gasteiger partial charge on any atom is -0.428 e. The standard InChI is InChI=1S/C6H9FN2O/c1-4-2-5(3-7)10-6(8)9-4/h2,4H,3H2,1H3,(H2,8,9)/t4-/m0/s1. The average Bonchev–Trinajstić information content (AvgIpc) is 1.85. The van der Waals surface area contributed by atoms with Crippen molar-refractivity contribution in [2.24, 2.45) is 10.7 Å². The molecule has 0 aliphatic carbocycles. The van der Waals surface area contributed by atoms with Crippen LogP contribution in [0, 0.1) is 0 Å². The van der Waals surface area contributed by atoms with E-state index in [1.54, 1.807) is 6.08 Å². The van der Waals surface area contributed by atoms with Crippen LogP contribution in [0.5, 0.6) is 0 Å². The third-order valence-corrected chi connectivity index (χ3v) is 1.13. The van der Waals surface area contributed by atoms with Gasteiger partial charge in [-0.15, -0.1) is 0 Å². The van der Waals surface area contributed by atoms with E-state index in [1.807, 2.05) is 6.92 Å². The van der Waals surface area contributed by atoms with Crippen molar-refractivity contribution in [1.29, 1.82) is 0 Å². The monoisotopic (exact) mass is 144 g/mol. The number of nitrogens with zero attached hydrogens (tertiary/aromatic N) is 1. The molecule has 0 bridgehead atoms. The first-order valence-electron chi connectivity index (χ1n) is 3.00. The van der Waals surface area contributed by atoms with Crippen molar-refractivity contribution in [3.8, 4) is 0 Å². The fourth-order valence-corrected chi connectivity index (χ4v) is 0.774. The maximum Gasteiger partial charge on any atom is 0.287 e. The van der Waals surface area contributed by atoms with Crippen LogP contribution in [0.25, 0.3) is 0 Å². The van der Waals surface area contributed by atoms with Crippen molar-refractivity contribution >= 4 is 6.02 Å². The van der Waals surface area contributed by atoms with Gasteiger partial charge in [-0.3, -0.25) is 0 Å². The van der Waals surface area contributed by atoms with Gasteiger partial charge in [0, 0.05) is 0 Å². The zero-order valence-electron chi connectivity index (χ0n) is 5.67. The first-order chi connectivity index (χ1) is 4.72. The summed E-state index contributed by atoms with van der Waals surface area (Å²) in [7, 11) is 0. The molecule has 1 atom stereocenters. The molecule has 10 heavy (non-hydrogen) atoms. The predicted molar refractivity (Wildman–Crippen MR) is 36.2 cm³/mol. The number of halogens is 1. The van der Waals surface area contributed by atoms with Crippen LogP contribution in [-0.4, -0.2) is 18.7 Å². The molecule has 1 aliphatic rings. The van der Waals surface area contributed by atoms with Crippen molar-refractivity contribution in [2.45, 2.75) is 13.0 Å². The predicted octanol–water partition coefficient (Wildman–Crippen LogP) is 0.573. The lowest BCUT2D eigenvalue weighted by atomic mass is 10.3. The Morgan fingerprint density at radius 3 is 3.10 bits per heavy atom. The summed E-state index contributed by atoms with van der Waals surface area (Å²) in [4.78, 5) is 3.81. The molecule has 1 aliphatic heterocycles. The van der Waals surface area contributed by atoms with Crippen LogP contribution in [0.3, 0.4) is 0 Å². The minimum absolute atomic E-state index is 0.0441. The molecule has 1 rings (SSSR count). The number of allylic oxidation sites excluding steroid dienone is 1. The first kappa shape index (κ1) is 7.05. The molecule has 56 valence electrons. The number of amidine groups is 1. The molecule has 4 heteroatoms. The zero-order valence-corrected chi connectivity index (χ0v) is 5.67.